The second-order valence-electron chi connectivity index (χ2n) is 6.64. The summed E-state index contributed by atoms with van der Waals surface area (Å²) in [6.07, 6.45) is 0.619. The molecule has 3 heterocycles. The monoisotopic (exact) mass is 349 g/mol. The molecule has 4 rings (SSSR count). The summed E-state index contributed by atoms with van der Waals surface area (Å²) in [5, 5.41) is 0.898. The van der Waals surface area contributed by atoms with Crippen molar-refractivity contribution in [2.24, 2.45) is 0 Å². The van der Waals surface area contributed by atoms with Gasteiger partial charge in [-0.3, -0.25) is 4.90 Å². The van der Waals surface area contributed by atoms with Crippen molar-refractivity contribution in [2.45, 2.75) is 32.9 Å². The summed E-state index contributed by atoms with van der Waals surface area (Å²) in [6.45, 7) is 4.55. The lowest BCUT2D eigenvalue weighted by Gasteiger charge is -2.33. The average molecular weight is 349 g/mol. The third kappa shape index (κ3) is 2.43. The lowest BCUT2D eigenvalue weighted by Crippen LogP contribution is -2.41. The first-order valence-corrected chi connectivity index (χ1v) is 9.81. The zero-order valence-electron chi connectivity index (χ0n) is 13.7. The molecular formula is C17H19NO5S. The van der Waals surface area contributed by atoms with Gasteiger partial charge in [0.2, 0.25) is 0 Å². The van der Waals surface area contributed by atoms with Gasteiger partial charge in [-0.1, -0.05) is 0 Å². The van der Waals surface area contributed by atoms with Crippen LogP contribution in [0.25, 0.3) is 11.0 Å². The normalized spacial score (nSPS) is 23.2. The number of aryl methyl sites for hydroxylation is 1. The molecule has 1 atom stereocenters. The van der Waals surface area contributed by atoms with E-state index in [1.165, 1.54) is 0 Å². The highest BCUT2D eigenvalue weighted by molar-refractivity contribution is 7.91. The van der Waals surface area contributed by atoms with Gasteiger partial charge in [-0.25, -0.2) is 13.2 Å². The van der Waals surface area contributed by atoms with Crippen molar-refractivity contribution in [1.82, 2.24) is 4.90 Å². The van der Waals surface area contributed by atoms with E-state index in [0.717, 1.165) is 16.5 Å². The number of fused-ring (bicyclic) bond motifs is 3. The lowest BCUT2D eigenvalue weighted by atomic mass is 10.0. The van der Waals surface area contributed by atoms with Crippen molar-refractivity contribution in [3.8, 4) is 5.75 Å². The largest absolute Gasteiger partial charge is 0.478 e. The van der Waals surface area contributed by atoms with Crippen molar-refractivity contribution in [2.75, 3.05) is 18.2 Å². The smallest absolute Gasteiger partial charge is 0.339 e. The predicted octanol–water partition coefficient (Wildman–Crippen LogP) is 1.75. The standard InChI is InChI=1S/C17H19NO5S/c1-10-11(2)17(19)23-16-13(10)3-4-15-14(16)7-18(9-22-15)12-5-6-24(20,21)8-12/h3-4,12H,5-9H2,1-2H3. The molecule has 2 aliphatic rings. The van der Waals surface area contributed by atoms with Crippen LogP contribution in [0.4, 0.5) is 0 Å². The van der Waals surface area contributed by atoms with Gasteiger partial charge in [0.25, 0.3) is 0 Å². The van der Waals surface area contributed by atoms with E-state index >= 15 is 0 Å². The molecule has 1 aromatic heterocycles. The van der Waals surface area contributed by atoms with Crippen LogP contribution < -0.4 is 10.4 Å². The van der Waals surface area contributed by atoms with E-state index in [4.69, 9.17) is 9.15 Å². The van der Waals surface area contributed by atoms with Crippen molar-refractivity contribution in [3.63, 3.8) is 0 Å². The number of hydrogen-bond acceptors (Lipinski definition) is 6. The van der Waals surface area contributed by atoms with Crippen LogP contribution >= 0.6 is 0 Å². The summed E-state index contributed by atoms with van der Waals surface area (Å²) in [6, 6.07) is 3.76. The van der Waals surface area contributed by atoms with Crippen LogP contribution in [0.3, 0.4) is 0 Å². The third-order valence-electron chi connectivity index (χ3n) is 5.16. The van der Waals surface area contributed by atoms with Crippen LogP contribution in [0.5, 0.6) is 5.75 Å². The molecule has 0 saturated carbocycles. The number of ether oxygens (including phenoxy) is 1. The highest BCUT2D eigenvalue weighted by Gasteiger charge is 2.35. The number of rotatable bonds is 1. The van der Waals surface area contributed by atoms with Gasteiger partial charge < -0.3 is 9.15 Å². The summed E-state index contributed by atoms with van der Waals surface area (Å²) in [7, 11) is -2.95. The van der Waals surface area contributed by atoms with Gasteiger partial charge in [0.1, 0.15) is 18.1 Å². The Morgan fingerprint density at radius 1 is 1.21 bits per heavy atom. The van der Waals surface area contributed by atoms with E-state index in [2.05, 4.69) is 0 Å². The summed E-state index contributed by atoms with van der Waals surface area (Å²) in [5.41, 5.74) is 2.55. The average Bonchev–Trinajstić information content (AvgIpc) is 2.92. The van der Waals surface area contributed by atoms with Crippen molar-refractivity contribution >= 4 is 20.8 Å². The molecule has 128 valence electrons. The van der Waals surface area contributed by atoms with Gasteiger partial charge in [0.05, 0.1) is 17.1 Å². The van der Waals surface area contributed by atoms with E-state index in [9.17, 15) is 13.2 Å². The minimum atomic E-state index is -2.95. The molecule has 0 N–H and O–H groups in total. The first-order chi connectivity index (χ1) is 11.4. The van der Waals surface area contributed by atoms with E-state index in [0.29, 0.717) is 36.6 Å². The molecule has 0 radical (unpaired) electrons. The molecule has 0 aliphatic carbocycles. The Morgan fingerprint density at radius 2 is 2.00 bits per heavy atom. The second kappa shape index (κ2) is 5.32. The van der Waals surface area contributed by atoms with Gasteiger partial charge in [-0.2, -0.15) is 0 Å². The molecule has 1 unspecified atom stereocenters. The summed E-state index contributed by atoms with van der Waals surface area (Å²) in [5.74, 6) is 1.09. The number of nitrogens with zero attached hydrogens (tertiary/aromatic N) is 1. The molecule has 2 aromatic rings. The molecule has 24 heavy (non-hydrogen) atoms. The van der Waals surface area contributed by atoms with E-state index in [-0.39, 0.29) is 23.2 Å². The molecule has 7 heteroatoms. The molecular weight excluding hydrogens is 330 g/mol. The highest BCUT2D eigenvalue weighted by atomic mass is 32.2. The van der Waals surface area contributed by atoms with Crippen LogP contribution in [-0.4, -0.2) is 37.6 Å². The van der Waals surface area contributed by atoms with Gasteiger partial charge >= 0.3 is 5.63 Å². The minimum absolute atomic E-state index is 0.0447. The fraction of sp³-hybridized carbons (Fsp3) is 0.471. The highest BCUT2D eigenvalue weighted by Crippen LogP contribution is 2.35. The van der Waals surface area contributed by atoms with Gasteiger partial charge in [-0.05, 0) is 38.0 Å². The Hall–Kier alpha value is -1.86. The lowest BCUT2D eigenvalue weighted by molar-refractivity contribution is 0.0648. The summed E-state index contributed by atoms with van der Waals surface area (Å²) < 4.78 is 34.8. The Labute approximate surface area is 139 Å². The first kappa shape index (κ1) is 15.7. The first-order valence-electron chi connectivity index (χ1n) is 7.99. The molecule has 1 aromatic carbocycles. The predicted molar refractivity (Wildman–Crippen MR) is 90.1 cm³/mol. The van der Waals surface area contributed by atoms with Crippen LogP contribution in [0.2, 0.25) is 0 Å². The van der Waals surface area contributed by atoms with Crippen molar-refractivity contribution < 1.29 is 17.6 Å². The molecule has 2 aliphatic heterocycles. The quantitative estimate of drug-likeness (QED) is 0.730. The van der Waals surface area contributed by atoms with E-state index < -0.39 is 9.84 Å². The van der Waals surface area contributed by atoms with E-state index in [1.807, 2.05) is 24.0 Å². The number of benzene rings is 1. The fourth-order valence-corrected chi connectivity index (χ4v) is 5.29. The maximum atomic E-state index is 12.1. The van der Waals surface area contributed by atoms with Crippen molar-refractivity contribution in [1.29, 1.82) is 0 Å². The van der Waals surface area contributed by atoms with Crippen LogP contribution in [0.15, 0.2) is 21.3 Å². The topological polar surface area (TPSA) is 76.8 Å². The molecule has 0 bridgehead atoms. The Morgan fingerprint density at radius 3 is 2.71 bits per heavy atom. The molecule has 0 amide bonds. The maximum absolute atomic E-state index is 12.1. The van der Waals surface area contributed by atoms with Crippen LogP contribution in [-0.2, 0) is 16.4 Å². The van der Waals surface area contributed by atoms with Gasteiger partial charge in [-0.15, -0.1) is 0 Å². The van der Waals surface area contributed by atoms with Gasteiger partial charge in [0, 0.05) is 23.5 Å². The van der Waals surface area contributed by atoms with Crippen molar-refractivity contribution in [3.05, 3.63) is 39.2 Å². The number of sulfone groups is 1. The van der Waals surface area contributed by atoms with Crippen LogP contribution in [0.1, 0.15) is 23.1 Å². The molecule has 1 fully saturated rings. The molecule has 1 saturated heterocycles. The summed E-state index contributed by atoms with van der Waals surface area (Å²) >= 11 is 0. The Balaban J connectivity index is 1.78. The van der Waals surface area contributed by atoms with Crippen LogP contribution in [0, 0.1) is 13.8 Å². The number of hydrogen-bond donors (Lipinski definition) is 0. The molecule has 6 nitrogen and oxygen atoms in total. The Bertz CT molecular complexity index is 992. The Kier molecular flexibility index (Phi) is 3.47. The minimum Gasteiger partial charge on any atom is -0.478 e. The fourth-order valence-electron chi connectivity index (χ4n) is 3.53. The SMILES string of the molecule is Cc1c(C)c2ccc3c(c2oc1=O)CN(C1CCS(=O)(=O)C1)CO3. The summed E-state index contributed by atoms with van der Waals surface area (Å²) in [4.78, 5) is 14.1. The maximum Gasteiger partial charge on any atom is 0.339 e. The zero-order valence-corrected chi connectivity index (χ0v) is 14.5. The van der Waals surface area contributed by atoms with Gasteiger partial charge in [0.15, 0.2) is 9.84 Å². The third-order valence-corrected chi connectivity index (χ3v) is 6.91. The zero-order chi connectivity index (χ0) is 17.1. The van der Waals surface area contributed by atoms with E-state index in [1.54, 1.807) is 6.92 Å². The molecule has 0 spiro atoms. The second-order valence-corrected chi connectivity index (χ2v) is 8.86.